The van der Waals surface area contributed by atoms with Crippen molar-refractivity contribution in [3.05, 3.63) is 24.5 Å². The highest BCUT2D eigenvalue weighted by Gasteiger charge is 2.28. The first-order valence-electron chi connectivity index (χ1n) is 9.64. The van der Waals surface area contributed by atoms with Gasteiger partial charge in [-0.25, -0.2) is 15.0 Å². The maximum absolute atomic E-state index is 12.1. The molecule has 0 fully saturated rings. The molecule has 1 heterocycles. The number of nitrogens with zero attached hydrogens (tertiary/aromatic N) is 4. The third kappa shape index (κ3) is 5.94. The predicted octanol–water partition coefficient (Wildman–Crippen LogP) is 0.865. The van der Waals surface area contributed by atoms with E-state index in [9.17, 15) is 19.8 Å². The van der Waals surface area contributed by atoms with Gasteiger partial charge in [0, 0.05) is 30.4 Å². The van der Waals surface area contributed by atoms with Crippen LogP contribution in [0.3, 0.4) is 0 Å². The SMILES string of the molecule is CCOC(=O)C(C=Nc1ncnc2ccc(N(CCO)CCO)cc12)C(=O)OCC. The molecule has 1 aromatic carbocycles. The average Bonchev–Trinajstić information content (AvgIpc) is 2.74. The van der Waals surface area contributed by atoms with E-state index in [-0.39, 0.29) is 32.2 Å². The lowest BCUT2D eigenvalue weighted by Gasteiger charge is -2.23. The minimum atomic E-state index is -1.31. The minimum Gasteiger partial charge on any atom is -0.465 e. The van der Waals surface area contributed by atoms with E-state index in [1.54, 1.807) is 30.9 Å². The first-order chi connectivity index (χ1) is 14.5. The molecule has 2 aromatic rings. The number of carbonyl (C=O) groups excluding carboxylic acids is 2. The number of hydrogen-bond donors (Lipinski definition) is 2. The van der Waals surface area contributed by atoms with E-state index in [1.807, 2.05) is 6.07 Å². The van der Waals surface area contributed by atoms with E-state index >= 15 is 0 Å². The van der Waals surface area contributed by atoms with E-state index in [0.717, 1.165) is 11.9 Å². The second-order valence-corrected chi connectivity index (χ2v) is 6.09. The Morgan fingerprint density at radius 2 is 1.73 bits per heavy atom. The van der Waals surface area contributed by atoms with Crippen LogP contribution in [-0.2, 0) is 19.1 Å². The first kappa shape index (κ1) is 23.2. The number of esters is 2. The van der Waals surface area contributed by atoms with Gasteiger partial charge in [-0.3, -0.25) is 9.59 Å². The third-order valence-electron chi connectivity index (χ3n) is 4.13. The van der Waals surface area contributed by atoms with E-state index < -0.39 is 17.9 Å². The summed E-state index contributed by atoms with van der Waals surface area (Å²) in [6, 6.07) is 5.35. The van der Waals surface area contributed by atoms with Crippen LogP contribution in [0, 0.1) is 5.92 Å². The maximum Gasteiger partial charge on any atom is 0.325 e. The topological polar surface area (TPSA) is 134 Å². The Bertz CT molecular complexity index is 865. The zero-order valence-corrected chi connectivity index (χ0v) is 17.0. The van der Waals surface area contributed by atoms with Crippen molar-refractivity contribution in [2.24, 2.45) is 10.9 Å². The van der Waals surface area contributed by atoms with Gasteiger partial charge in [0.2, 0.25) is 0 Å². The van der Waals surface area contributed by atoms with E-state index in [4.69, 9.17) is 9.47 Å². The van der Waals surface area contributed by atoms with Crippen molar-refractivity contribution in [3.8, 4) is 0 Å². The molecular formula is C20H26N4O6. The van der Waals surface area contributed by atoms with Crippen molar-refractivity contribution in [2.75, 3.05) is 44.4 Å². The van der Waals surface area contributed by atoms with E-state index in [0.29, 0.717) is 24.0 Å². The third-order valence-corrected chi connectivity index (χ3v) is 4.13. The fourth-order valence-corrected chi connectivity index (χ4v) is 2.77. The summed E-state index contributed by atoms with van der Waals surface area (Å²) in [6.45, 7) is 4.05. The number of aliphatic hydroxyl groups excluding tert-OH is 2. The van der Waals surface area contributed by atoms with Crippen LogP contribution in [0.1, 0.15) is 13.8 Å². The molecule has 10 nitrogen and oxygen atoms in total. The number of carbonyl (C=O) groups is 2. The van der Waals surface area contributed by atoms with Crippen molar-refractivity contribution in [2.45, 2.75) is 13.8 Å². The van der Waals surface area contributed by atoms with Crippen LogP contribution in [0.15, 0.2) is 29.5 Å². The molecule has 0 spiro atoms. The molecule has 162 valence electrons. The molecule has 0 saturated heterocycles. The van der Waals surface area contributed by atoms with Crippen LogP contribution < -0.4 is 4.90 Å². The molecular weight excluding hydrogens is 392 g/mol. The molecule has 0 unspecified atom stereocenters. The van der Waals surface area contributed by atoms with Crippen molar-refractivity contribution < 1.29 is 29.3 Å². The summed E-state index contributed by atoms with van der Waals surface area (Å²) in [6.07, 6.45) is 2.49. The molecule has 2 rings (SSSR count). The second kappa shape index (κ2) is 11.8. The zero-order valence-electron chi connectivity index (χ0n) is 17.0. The number of aliphatic imine (C=N–C) groups is 1. The van der Waals surface area contributed by atoms with Gasteiger partial charge in [0.05, 0.1) is 31.9 Å². The summed E-state index contributed by atoms with van der Waals surface area (Å²) < 4.78 is 9.87. The molecule has 2 N–H and O–H groups in total. The van der Waals surface area contributed by atoms with Gasteiger partial charge in [-0.1, -0.05) is 0 Å². The molecule has 0 aliphatic carbocycles. The highest BCUT2D eigenvalue weighted by Crippen LogP contribution is 2.27. The van der Waals surface area contributed by atoms with Crippen LogP contribution >= 0.6 is 0 Å². The van der Waals surface area contributed by atoms with Crippen LogP contribution in [0.2, 0.25) is 0 Å². The molecule has 0 saturated carbocycles. The van der Waals surface area contributed by atoms with Crippen LogP contribution in [0.25, 0.3) is 10.9 Å². The van der Waals surface area contributed by atoms with Crippen molar-refractivity contribution in [3.63, 3.8) is 0 Å². The van der Waals surface area contributed by atoms with Gasteiger partial charge in [0.1, 0.15) is 6.33 Å². The van der Waals surface area contributed by atoms with Crippen LogP contribution in [-0.4, -0.2) is 77.9 Å². The molecule has 0 bridgehead atoms. The van der Waals surface area contributed by atoms with E-state index in [2.05, 4.69) is 15.0 Å². The molecule has 1 aromatic heterocycles. The second-order valence-electron chi connectivity index (χ2n) is 6.09. The van der Waals surface area contributed by atoms with Crippen LogP contribution in [0.4, 0.5) is 11.5 Å². The smallest absolute Gasteiger partial charge is 0.325 e. The molecule has 30 heavy (non-hydrogen) atoms. The lowest BCUT2D eigenvalue weighted by atomic mass is 10.1. The Morgan fingerprint density at radius 3 is 2.30 bits per heavy atom. The Hall–Kier alpha value is -3.11. The normalized spacial score (nSPS) is 11.2. The van der Waals surface area contributed by atoms with E-state index in [1.165, 1.54) is 6.33 Å². The number of hydrogen-bond acceptors (Lipinski definition) is 10. The Balaban J connectivity index is 2.42. The first-order valence-corrected chi connectivity index (χ1v) is 9.64. The van der Waals surface area contributed by atoms with Crippen molar-refractivity contribution in [1.82, 2.24) is 9.97 Å². The Morgan fingerprint density at radius 1 is 1.10 bits per heavy atom. The van der Waals surface area contributed by atoms with Gasteiger partial charge in [-0.2, -0.15) is 0 Å². The molecule has 0 atom stereocenters. The fraction of sp³-hybridized carbons (Fsp3) is 0.450. The summed E-state index contributed by atoms with van der Waals surface area (Å²) in [5.74, 6) is -2.56. The summed E-state index contributed by atoms with van der Waals surface area (Å²) in [5.41, 5.74) is 1.35. The summed E-state index contributed by atoms with van der Waals surface area (Å²) in [7, 11) is 0. The number of aromatic nitrogens is 2. The quantitative estimate of drug-likeness (QED) is 0.309. The van der Waals surface area contributed by atoms with Crippen molar-refractivity contribution in [1.29, 1.82) is 0 Å². The average molecular weight is 418 g/mol. The Kier molecular flexibility index (Phi) is 9.10. The zero-order chi connectivity index (χ0) is 21.9. The molecule has 10 heteroatoms. The van der Waals surface area contributed by atoms with Gasteiger partial charge in [0.15, 0.2) is 11.7 Å². The monoisotopic (exact) mass is 418 g/mol. The molecule has 0 amide bonds. The summed E-state index contributed by atoms with van der Waals surface area (Å²) in [5, 5.41) is 19.1. The number of benzene rings is 1. The predicted molar refractivity (Wildman–Crippen MR) is 111 cm³/mol. The highest BCUT2D eigenvalue weighted by atomic mass is 16.6. The number of aliphatic hydroxyl groups is 2. The number of rotatable bonds is 11. The lowest BCUT2D eigenvalue weighted by Crippen LogP contribution is -2.29. The van der Waals surface area contributed by atoms with Crippen LogP contribution in [0.5, 0.6) is 0 Å². The Labute approximate surface area is 174 Å². The highest BCUT2D eigenvalue weighted by molar-refractivity contribution is 6.09. The van der Waals surface area contributed by atoms with Gasteiger partial charge in [-0.15, -0.1) is 0 Å². The van der Waals surface area contributed by atoms with Crippen molar-refractivity contribution >= 4 is 40.6 Å². The summed E-state index contributed by atoms with van der Waals surface area (Å²) in [4.78, 5) is 38.7. The molecule has 0 aliphatic heterocycles. The molecule has 0 radical (unpaired) electrons. The van der Waals surface area contributed by atoms with Gasteiger partial charge < -0.3 is 24.6 Å². The number of fused-ring (bicyclic) bond motifs is 1. The standard InChI is InChI=1S/C20H26N4O6/c1-3-29-19(27)16(20(28)30-4-2)12-21-18-15-11-14(24(7-9-25)8-10-26)5-6-17(15)22-13-23-18/h5-6,11-13,16,25-26H,3-4,7-10H2,1-2H3. The van der Waals surface area contributed by atoms with Gasteiger partial charge in [0.25, 0.3) is 0 Å². The lowest BCUT2D eigenvalue weighted by molar-refractivity contribution is -0.157. The van der Waals surface area contributed by atoms with Gasteiger partial charge in [-0.05, 0) is 32.0 Å². The maximum atomic E-state index is 12.1. The fourth-order valence-electron chi connectivity index (χ4n) is 2.77. The summed E-state index contributed by atoms with van der Waals surface area (Å²) >= 11 is 0. The minimum absolute atomic E-state index is 0.0743. The molecule has 0 aliphatic rings. The number of anilines is 1. The largest absolute Gasteiger partial charge is 0.465 e. The van der Waals surface area contributed by atoms with Gasteiger partial charge >= 0.3 is 11.9 Å². The number of ether oxygens (including phenoxy) is 2.